The summed E-state index contributed by atoms with van der Waals surface area (Å²) in [5.74, 6) is 0.412. The maximum atomic E-state index is 13.5. The number of methoxy groups -OCH3 is 1. The number of ether oxygens (including phenoxy) is 1. The summed E-state index contributed by atoms with van der Waals surface area (Å²) in [5, 5.41) is 0. The topological polar surface area (TPSA) is 32.8 Å². The molecular formula is C21H25FN2O2. The Bertz CT molecular complexity index is 761. The van der Waals surface area contributed by atoms with Gasteiger partial charge in [-0.15, -0.1) is 0 Å². The van der Waals surface area contributed by atoms with Crippen molar-refractivity contribution >= 4 is 5.91 Å². The molecule has 0 aliphatic carbocycles. The number of carbonyl (C=O) groups is 1. The van der Waals surface area contributed by atoms with Gasteiger partial charge in [0.25, 0.3) is 5.91 Å². The highest BCUT2D eigenvalue weighted by Gasteiger charge is 2.22. The third-order valence-electron chi connectivity index (χ3n) is 4.87. The SMILES string of the molecule is COc1ccc(CN2CCCN(C(=O)c3cc(F)ccc3C)CC2)cc1. The van der Waals surface area contributed by atoms with Crippen molar-refractivity contribution in [1.82, 2.24) is 9.80 Å². The van der Waals surface area contributed by atoms with Crippen LogP contribution >= 0.6 is 0 Å². The van der Waals surface area contributed by atoms with Crippen LogP contribution < -0.4 is 4.74 Å². The Morgan fingerprint density at radius 3 is 2.58 bits per heavy atom. The Kier molecular flexibility index (Phi) is 5.89. The number of aryl methyl sites for hydroxylation is 1. The molecular weight excluding hydrogens is 331 g/mol. The van der Waals surface area contributed by atoms with Crippen LogP contribution in [0.15, 0.2) is 42.5 Å². The van der Waals surface area contributed by atoms with Crippen molar-refractivity contribution < 1.29 is 13.9 Å². The third kappa shape index (κ3) is 4.41. The molecule has 1 aliphatic rings. The summed E-state index contributed by atoms with van der Waals surface area (Å²) in [6.45, 7) is 5.81. The summed E-state index contributed by atoms with van der Waals surface area (Å²) >= 11 is 0. The highest BCUT2D eigenvalue weighted by Crippen LogP contribution is 2.17. The second-order valence-electron chi connectivity index (χ2n) is 6.73. The lowest BCUT2D eigenvalue weighted by Crippen LogP contribution is -2.35. The number of nitrogens with zero attached hydrogens (tertiary/aromatic N) is 2. The van der Waals surface area contributed by atoms with Gasteiger partial charge in [0.05, 0.1) is 7.11 Å². The number of amides is 1. The molecule has 0 aromatic heterocycles. The zero-order valence-electron chi connectivity index (χ0n) is 15.4. The Labute approximate surface area is 154 Å². The van der Waals surface area contributed by atoms with Gasteiger partial charge in [0.1, 0.15) is 11.6 Å². The quantitative estimate of drug-likeness (QED) is 0.841. The molecule has 0 N–H and O–H groups in total. The summed E-state index contributed by atoms with van der Waals surface area (Å²) in [7, 11) is 1.66. The first kappa shape index (κ1) is 18.4. The Hall–Kier alpha value is -2.40. The van der Waals surface area contributed by atoms with E-state index in [0.717, 1.165) is 37.4 Å². The van der Waals surface area contributed by atoms with E-state index in [1.807, 2.05) is 24.0 Å². The van der Waals surface area contributed by atoms with Crippen LogP contribution in [0.1, 0.15) is 27.9 Å². The lowest BCUT2D eigenvalue weighted by Gasteiger charge is -2.23. The van der Waals surface area contributed by atoms with Crippen LogP contribution in [0.25, 0.3) is 0 Å². The van der Waals surface area contributed by atoms with E-state index in [9.17, 15) is 9.18 Å². The fourth-order valence-electron chi connectivity index (χ4n) is 3.32. The smallest absolute Gasteiger partial charge is 0.254 e. The second-order valence-corrected chi connectivity index (χ2v) is 6.73. The van der Waals surface area contributed by atoms with Gasteiger partial charge in [-0.25, -0.2) is 4.39 Å². The molecule has 0 saturated carbocycles. The van der Waals surface area contributed by atoms with Crippen molar-refractivity contribution in [2.45, 2.75) is 19.9 Å². The average molecular weight is 356 g/mol. The van der Waals surface area contributed by atoms with Crippen molar-refractivity contribution in [3.8, 4) is 5.75 Å². The van der Waals surface area contributed by atoms with Crippen molar-refractivity contribution in [2.75, 3.05) is 33.3 Å². The maximum absolute atomic E-state index is 13.5. The van der Waals surface area contributed by atoms with E-state index in [4.69, 9.17) is 4.74 Å². The average Bonchev–Trinajstić information content (AvgIpc) is 2.89. The van der Waals surface area contributed by atoms with Gasteiger partial charge in [-0.2, -0.15) is 0 Å². The molecule has 0 bridgehead atoms. The number of benzene rings is 2. The molecule has 1 heterocycles. The molecule has 1 amide bonds. The van der Waals surface area contributed by atoms with Crippen molar-refractivity contribution in [3.05, 3.63) is 65.0 Å². The fraction of sp³-hybridized carbons (Fsp3) is 0.381. The van der Waals surface area contributed by atoms with Crippen LogP contribution in [0.4, 0.5) is 4.39 Å². The lowest BCUT2D eigenvalue weighted by molar-refractivity contribution is 0.0760. The van der Waals surface area contributed by atoms with Gasteiger partial charge in [-0.1, -0.05) is 18.2 Å². The molecule has 0 atom stereocenters. The van der Waals surface area contributed by atoms with E-state index in [2.05, 4.69) is 17.0 Å². The van der Waals surface area contributed by atoms with Gasteiger partial charge in [-0.3, -0.25) is 9.69 Å². The zero-order chi connectivity index (χ0) is 18.5. The van der Waals surface area contributed by atoms with Crippen LogP contribution in [0, 0.1) is 12.7 Å². The van der Waals surface area contributed by atoms with Gasteiger partial charge >= 0.3 is 0 Å². The lowest BCUT2D eigenvalue weighted by atomic mass is 10.1. The standard InChI is InChI=1S/C21H25FN2O2/c1-16-4-7-18(22)14-20(16)21(25)24-11-3-10-23(12-13-24)15-17-5-8-19(26-2)9-6-17/h4-9,14H,3,10-13,15H2,1-2H3. The molecule has 26 heavy (non-hydrogen) atoms. The van der Waals surface area contributed by atoms with Crippen LogP contribution in [0.2, 0.25) is 0 Å². The molecule has 0 spiro atoms. The molecule has 2 aromatic carbocycles. The Morgan fingerprint density at radius 1 is 1.08 bits per heavy atom. The minimum atomic E-state index is -0.366. The first-order valence-electron chi connectivity index (χ1n) is 8.97. The molecule has 5 heteroatoms. The van der Waals surface area contributed by atoms with Crippen LogP contribution in [-0.2, 0) is 6.54 Å². The van der Waals surface area contributed by atoms with Crippen LogP contribution in [0.5, 0.6) is 5.75 Å². The van der Waals surface area contributed by atoms with E-state index >= 15 is 0 Å². The van der Waals surface area contributed by atoms with E-state index in [1.54, 1.807) is 13.2 Å². The summed E-state index contributed by atoms with van der Waals surface area (Å²) in [6.07, 6.45) is 0.913. The van der Waals surface area contributed by atoms with Crippen LogP contribution in [-0.4, -0.2) is 49.0 Å². The van der Waals surface area contributed by atoms with Gasteiger partial charge in [0, 0.05) is 38.3 Å². The number of halogens is 1. The van der Waals surface area contributed by atoms with Crippen LogP contribution in [0.3, 0.4) is 0 Å². The van der Waals surface area contributed by atoms with E-state index in [1.165, 1.54) is 17.7 Å². The van der Waals surface area contributed by atoms with Crippen molar-refractivity contribution in [1.29, 1.82) is 0 Å². The summed E-state index contributed by atoms with van der Waals surface area (Å²) in [5.41, 5.74) is 2.51. The summed E-state index contributed by atoms with van der Waals surface area (Å²) in [6, 6.07) is 12.5. The van der Waals surface area contributed by atoms with E-state index in [-0.39, 0.29) is 11.7 Å². The highest BCUT2D eigenvalue weighted by molar-refractivity contribution is 5.95. The molecule has 0 radical (unpaired) electrons. The fourth-order valence-corrected chi connectivity index (χ4v) is 3.32. The molecule has 4 nitrogen and oxygen atoms in total. The highest BCUT2D eigenvalue weighted by atomic mass is 19.1. The maximum Gasteiger partial charge on any atom is 0.254 e. The number of hydrogen-bond donors (Lipinski definition) is 0. The van der Waals surface area contributed by atoms with Crippen molar-refractivity contribution in [3.63, 3.8) is 0 Å². The number of hydrogen-bond acceptors (Lipinski definition) is 3. The summed E-state index contributed by atoms with van der Waals surface area (Å²) in [4.78, 5) is 17.0. The number of carbonyl (C=O) groups excluding carboxylic acids is 1. The predicted molar refractivity (Wildman–Crippen MR) is 99.9 cm³/mol. The van der Waals surface area contributed by atoms with E-state index < -0.39 is 0 Å². The molecule has 0 unspecified atom stereocenters. The predicted octanol–water partition coefficient (Wildman–Crippen LogP) is 3.49. The molecule has 1 saturated heterocycles. The first-order chi connectivity index (χ1) is 12.6. The van der Waals surface area contributed by atoms with Gasteiger partial charge in [0.2, 0.25) is 0 Å². The summed E-state index contributed by atoms with van der Waals surface area (Å²) < 4.78 is 18.7. The minimum absolute atomic E-state index is 0.0757. The Balaban J connectivity index is 1.62. The minimum Gasteiger partial charge on any atom is -0.497 e. The van der Waals surface area contributed by atoms with Gasteiger partial charge in [-0.05, 0) is 48.7 Å². The normalized spacial score (nSPS) is 15.6. The van der Waals surface area contributed by atoms with E-state index in [0.29, 0.717) is 18.7 Å². The van der Waals surface area contributed by atoms with Crippen molar-refractivity contribution in [2.24, 2.45) is 0 Å². The Morgan fingerprint density at radius 2 is 1.85 bits per heavy atom. The van der Waals surface area contributed by atoms with Gasteiger partial charge < -0.3 is 9.64 Å². The molecule has 1 fully saturated rings. The third-order valence-corrected chi connectivity index (χ3v) is 4.87. The molecule has 138 valence electrons. The molecule has 1 aliphatic heterocycles. The molecule has 2 aromatic rings. The zero-order valence-corrected chi connectivity index (χ0v) is 15.4. The number of rotatable bonds is 4. The molecule has 3 rings (SSSR count). The second kappa shape index (κ2) is 8.32. The first-order valence-corrected chi connectivity index (χ1v) is 8.97. The monoisotopic (exact) mass is 356 g/mol. The largest absolute Gasteiger partial charge is 0.497 e. The van der Waals surface area contributed by atoms with Gasteiger partial charge in [0.15, 0.2) is 0 Å².